The highest BCUT2D eigenvalue weighted by Gasteiger charge is 2.28. The molecule has 20 heavy (non-hydrogen) atoms. The van der Waals surface area contributed by atoms with E-state index in [1.165, 1.54) is 7.11 Å². The average molecular weight is 344 g/mol. The molecule has 0 aromatic heterocycles. The second kappa shape index (κ2) is 6.45. The fraction of sp³-hybridized carbons (Fsp3) is 0.500. The number of likely N-dealkylation sites (tertiary alicyclic amines) is 1. The first-order chi connectivity index (χ1) is 9.52. The van der Waals surface area contributed by atoms with Gasteiger partial charge in [0.25, 0.3) is 0 Å². The monoisotopic (exact) mass is 343 g/mol. The Morgan fingerprint density at radius 1 is 1.50 bits per heavy atom. The van der Waals surface area contributed by atoms with Crippen LogP contribution in [0.3, 0.4) is 0 Å². The van der Waals surface area contributed by atoms with Crippen LogP contribution in [-0.2, 0) is 11.3 Å². The molecule has 0 radical (unpaired) electrons. The van der Waals surface area contributed by atoms with Gasteiger partial charge >= 0.3 is 5.97 Å². The molecule has 2 N–H and O–H groups in total. The zero-order valence-electron chi connectivity index (χ0n) is 11.3. The number of carboxylic acids is 1. The lowest BCUT2D eigenvalue weighted by Crippen LogP contribution is -2.44. The molecule has 0 amide bonds. The molecule has 1 heterocycles. The topological polar surface area (TPSA) is 70.0 Å². The zero-order chi connectivity index (χ0) is 14.7. The quantitative estimate of drug-likeness (QED) is 0.879. The number of phenolic OH excluding ortho intramolecular Hbond substituents is 1. The number of hydrogen-bond donors (Lipinski definition) is 2. The lowest BCUT2D eigenvalue weighted by Gasteiger charge is -2.33. The van der Waals surface area contributed by atoms with Crippen molar-refractivity contribution in [2.75, 3.05) is 13.7 Å². The number of rotatable bonds is 4. The Morgan fingerprint density at radius 2 is 2.25 bits per heavy atom. The number of phenols is 1. The van der Waals surface area contributed by atoms with Gasteiger partial charge in [0.2, 0.25) is 0 Å². The largest absolute Gasteiger partial charge is 0.504 e. The van der Waals surface area contributed by atoms with Crippen molar-refractivity contribution in [1.29, 1.82) is 0 Å². The summed E-state index contributed by atoms with van der Waals surface area (Å²) in [5.74, 6) is -0.317. The molecule has 6 heteroatoms. The van der Waals surface area contributed by atoms with Gasteiger partial charge in [0.05, 0.1) is 7.11 Å². The number of halogens is 1. The molecule has 0 aliphatic carbocycles. The Labute approximate surface area is 126 Å². The lowest BCUT2D eigenvalue weighted by molar-refractivity contribution is -0.144. The first-order valence-electron chi connectivity index (χ1n) is 6.55. The maximum Gasteiger partial charge on any atom is 0.320 e. The molecule has 2 rings (SSSR count). The highest BCUT2D eigenvalue weighted by Crippen LogP contribution is 2.33. The van der Waals surface area contributed by atoms with Crippen LogP contribution in [0.1, 0.15) is 24.8 Å². The van der Waals surface area contributed by atoms with Crippen molar-refractivity contribution in [3.05, 3.63) is 22.2 Å². The SMILES string of the molecule is COc1cc(Br)c(CN2CCCCC2C(=O)O)cc1O. The summed E-state index contributed by atoms with van der Waals surface area (Å²) in [6, 6.07) is 2.88. The van der Waals surface area contributed by atoms with Gasteiger partial charge in [-0.1, -0.05) is 22.4 Å². The average Bonchev–Trinajstić information content (AvgIpc) is 2.42. The Morgan fingerprint density at radius 3 is 2.90 bits per heavy atom. The third kappa shape index (κ3) is 3.24. The van der Waals surface area contributed by atoms with E-state index in [2.05, 4.69) is 15.9 Å². The lowest BCUT2D eigenvalue weighted by atomic mass is 10.0. The molecule has 0 spiro atoms. The van der Waals surface area contributed by atoms with E-state index in [1.54, 1.807) is 12.1 Å². The standard InChI is InChI=1S/C14H18BrNO4/c1-20-13-7-10(15)9(6-12(13)17)8-16-5-3-2-4-11(16)14(18)19/h6-7,11,17H,2-5,8H2,1H3,(H,18,19). The van der Waals surface area contributed by atoms with E-state index in [4.69, 9.17) is 4.74 Å². The van der Waals surface area contributed by atoms with E-state index in [-0.39, 0.29) is 5.75 Å². The predicted molar refractivity (Wildman–Crippen MR) is 78.0 cm³/mol. The Bertz CT molecular complexity index is 506. The Hall–Kier alpha value is -1.27. The van der Waals surface area contributed by atoms with Crippen molar-refractivity contribution >= 4 is 21.9 Å². The molecule has 0 saturated carbocycles. The first kappa shape index (κ1) is 15.1. The summed E-state index contributed by atoms with van der Waals surface area (Å²) in [5.41, 5.74) is 0.858. The zero-order valence-corrected chi connectivity index (χ0v) is 12.9. The van der Waals surface area contributed by atoms with Crippen molar-refractivity contribution in [3.63, 3.8) is 0 Å². The fourth-order valence-electron chi connectivity index (χ4n) is 2.55. The van der Waals surface area contributed by atoms with E-state index >= 15 is 0 Å². The second-order valence-electron chi connectivity index (χ2n) is 4.94. The van der Waals surface area contributed by atoms with Gasteiger partial charge < -0.3 is 14.9 Å². The van der Waals surface area contributed by atoms with E-state index in [1.807, 2.05) is 4.90 Å². The van der Waals surface area contributed by atoms with Gasteiger partial charge in [-0.05, 0) is 37.1 Å². The molecule has 1 aromatic rings. The predicted octanol–water partition coefficient (Wildman–Crippen LogP) is 2.60. The van der Waals surface area contributed by atoms with Crippen molar-refractivity contribution in [2.24, 2.45) is 0 Å². The third-order valence-corrected chi connectivity index (χ3v) is 4.36. The number of aromatic hydroxyl groups is 1. The number of carbonyl (C=O) groups is 1. The summed E-state index contributed by atoms with van der Waals surface area (Å²) in [5, 5.41) is 19.1. The number of ether oxygens (including phenoxy) is 1. The van der Waals surface area contributed by atoms with Crippen molar-refractivity contribution < 1.29 is 19.7 Å². The molecule has 1 unspecified atom stereocenters. The molecule has 1 fully saturated rings. The van der Waals surface area contributed by atoms with Gasteiger partial charge in [0.15, 0.2) is 11.5 Å². The molecule has 0 bridgehead atoms. The smallest absolute Gasteiger partial charge is 0.320 e. The molecule has 5 nitrogen and oxygen atoms in total. The normalized spacial score (nSPS) is 19.8. The third-order valence-electron chi connectivity index (χ3n) is 3.62. The molecule has 1 aromatic carbocycles. The summed E-state index contributed by atoms with van der Waals surface area (Å²) in [4.78, 5) is 13.2. The minimum absolute atomic E-state index is 0.0644. The van der Waals surface area contributed by atoms with Crippen LogP contribution >= 0.6 is 15.9 Å². The second-order valence-corrected chi connectivity index (χ2v) is 5.79. The van der Waals surface area contributed by atoms with Crippen LogP contribution in [-0.4, -0.2) is 40.8 Å². The van der Waals surface area contributed by atoms with E-state index in [9.17, 15) is 15.0 Å². The van der Waals surface area contributed by atoms with Gasteiger partial charge in [-0.15, -0.1) is 0 Å². The molecule has 1 atom stereocenters. The molecule has 1 aliphatic rings. The Kier molecular flexibility index (Phi) is 4.88. The van der Waals surface area contributed by atoms with Crippen molar-refractivity contribution in [1.82, 2.24) is 4.90 Å². The van der Waals surface area contributed by atoms with Crippen LogP contribution in [0.25, 0.3) is 0 Å². The van der Waals surface area contributed by atoms with Crippen LogP contribution in [0, 0.1) is 0 Å². The van der Waals surface area contributed by atoms with Crippen molar-refractivity contribution in [3.8, 4) is 11.5 Å². The Balaban J connectivity index is 2.20. The number of aliphatic carboxylic acids is 1. The van der Waals surface area contributed by atoms with Gasteiger partial charge in [0, 0.05) is 11.0 Å². The van der Waals surface area contributed by atoms with E-state index in [0.717, 1.165) is 29.4 Å². The summed E-state index contributed by atoms with van der Waals surface area (Å²) >= 11 is 3.44. The van der Waals surface area contributed by atoms with Gasteiger partial charge in [-0.3, -0.25) is 9.69 Å². The number of carboxylic acid groups (broad SMARTS) is 1. The van der Waals surface area contributed by atoms with Crippen LogP contribution in [0.4, 0.5) is 0 Å². The summed E-state index contributed by atoms with van der Waals surface area (Å²) < 4.78 is 5.85. The number of hydrogen-bond acceptors (Lipinski definition) is 4. The molecule has 1 aliphatic heterocycles. The number of piperidine rings is 1. The maximum absolute atomic E-state index is 11.3. The maximum atomic E-state index is 11.3. The van der Waals surface area contributed by atoms with Gasteiger partial charge in [0.1, 0.15) is 6.04 Å². The van der Waals surface area contributed by atoms with Crippen molar-refractivity contribution in [2.45, 2.75) is 31.8 Å². The van der Waals surface area contributed by atoms with Gasteiger partial charge in [-0.2, -0.15) is 0 Å². The fourth-order valence-corrected chi connectivity index (χ4v) is 3.00. The number of methoxy groups -OCH3 is 1. The summed E-state index contributed by atoms with van der Waals surface area (Å²) in [6.07, 6.45) is 2.63. The first-order valence-corrected chi connectivity index (χ1v) is 7.34. The molecule has 110 valence electrons. The number of benzene rings is 1. The summed E-state index contributed by atoms with van der Waals surface area (Å²) in [7, 11) is 1.49. The molecule has 1 saturated heterocycles. The van der Waals surface area contributed by atoms with Crippen LogP contribution in [0.2, 0.25) is 0 Å². The van der Waals surface area contributed by atoms with Crippen LogP contribution < -0.4 is 4.74 Å². The van der Waals surface area contributed by atoms with E-state index in [0.29, 0.717) is 18.7 Å². The van der Waals surface area contributed by atoms with Crippen LogP contribution in [0.5, 0.6) is 11.5 Å². The minimum atomic E-state index is -0.779. The highest BCUT2D eigenvalue weighted by atomic mass is 79.9. The minimum Gasteiger partial charge on any atom is -0.504 e. The highest BCUT2D eigenvalue weighted by molar-refractivity contribution is 9.10. The molecular weight excluding hydrogens is 326 g/mol. The summed E-state index contributed by atoms with van der Waals surface area (Å²) in [6.45, 7) is 1.26. The molecular formula is C14H18BrNO4. The number of nitrogens with zero attached hydrogens (tertiary/aromatic N) is 1. The van der Waals surface area contributed by atoms with E-state index < -0.39 is 12.0 Å². The van der Waals surface area contributed by atoms with Gasteiger partial charge in [-0.25, -0.2) is 0 Å². The van der Waals surface area contributed by atoms with Crippen LogP contribution in [0.15, 0.2) is 16.6 Å².